The lowest BCUT2D eigenvalue weighted by atomic mass is 9.95. The summed E-state index contributed by atoms with van der Waals surface area (Å²) in [7, 11) is 0. The van der Waals surface area contributed by atoms with Gasteiger partial charge in [0.1, 0.15) is 5.82 Å². The average Bonchev–Trinajstić information content (AvgIpc) is 3.09. The minimum absolute atomic E-state index is 0.0900. The van der Waals surface area contributed by atoms with E-state index in [1.165, 1.54) is 0 Å². The smallest absolute Gasteiger partial charge is 0.339 e. The van der Waals surface area contributed by atoms with Crippen LogP contribution in [0.4, 0.5) is 0 Å². The molecule has 0 N–H and O–H groups in total. The highest BCUT2D eigenvalue weighted by molar-refractivity contribution is 6.36. The normalized spacial score (nSPS) is 14.7. The molecule has 8 heteroatoms. The van der Waals surface area contributed by atoms with E-state index < -0.39 is 0 Å². The van der Waals surface area contributed by atoms with Crippen LogP contribution in [0.3, 0.4) is 0 Å². The highest BCUT2D eigenvalue weighted by Crippen LogP contribution is 2.29. The van der Waals surface area contributed by atoms with Crippen LogP contribution in [0.25, 0.3) is 0 Å². The molecule has 1 saturated heterocycles. The Balaban J connectivity index is 1.49. The van der Waals surface area contributed by atoms with Crippen molar-refractivity contribution in [2.45, 2.75) is 38.8 Å². The number of hydrogen-bond acceptors (Lipinski definition) is 3. The van der Waals surface area contributed by atoms with E-state index in [2.05, 4.69) is 5.10 Å². The van der Waals surface area contributed by atoms with Crippen LogP contribution in [-0.2, 0) is 13.1 Å². The quantitative estimate of drug-likeness (QED) is 0.567. The maximum Gasteiger partial charge on any atom is 0.346 e. The summed E-state index contributed by atoms with van der Waals surface area (Å²) in [5.74, 6) is 0.845. The van der Waals surface area contributed by atoms with Crippen LogP contribution in [0.2, 0.25) is 10.0 Å². The van der Waals surface area contributed by atoms with Crippen LogP contribution in [0, 0.1) is 0 Å². The van der Waals surface area contributed by atoms with E-state index in [1.807, 2.05) is 37.3 Å². The lowest BCUT2D eigenvalue weighted by molar-refractivity contribution is 0.0710. The van der Waals surface area contributed by atoms with E-state index in [1.54, 1.807) is 32.3 Å². The third-order valence-electron chi connectivity index (χ3n) is 5.75. The number of piperidine rings is 1. The maximum absolute atomic E-state index is 12.9. The number of likely N-dealkylation sites (tertiary alicyclic amines) is 1. The number of halogens is 2. The molecule has 1 aliphatic rings. The number of carbonyl (C=O) groups is 1. The third-order valence-corrected chi connectivity index (χ3v) is 6.30. The summed E-state index contributed by atoms with van der Waals surface area (Å²) < 4.78 is 3.29. The van der Waals surface area contributed by atoms with Crippen molar-refractivity contribution in [3.8, 4) is 0 Å². The molecule has 0 radical (unpaired) electrons. The SMILES string of the molecule is CCn1c(C2CCN(C(=O)c3ccc(Cl)cc3Cl)CC2)nn(Cc2ccccc2)c1=O. The predicted molar refractivity (Wildman–Crippen MR) is 122 cm³/mol. The Morgan fingerprint density at radius 3 is 2.45 bits per heavy atom. The van der Waals surface area contributed by atoms with Gasteiger partial charge in [0.15, 0.2) is 0 Å². The van der Waals surface area contributed by atoms with Crippen molar-refractivity contribution >= 4 is 29.1 Å². The van der Waals surface area contributed by atoms with Gasteiger partial charge in [0, 0.05) is 30.6 Å². The number of aromatic nitrogens is 3. The molecule has 0 unspecified atom stereocenters. The van der Waals surface area contributed by atoms with Gasteiger partial charge in [0.05, 0.1) is 17.1 Å². The summed E-state index contributed by atoms with van der Waals surface area (Å²) in [5, 5.41) is 5.54. The highest BCUT2D eigenvalue weighted by Gasteiger charge is 2.29. The second-order valence-corrected chi connectivity index (χ2v) is 8.56. The first-order valence-corrected chi connectivity index (χ1v) is 11.2. The highest BCUT2D eigenvalue weighted by atomic mass is 35.5. The summed E-state index contributed by atoms with van der Waals surface area (Å²) in [6, 6.07) is 14.8. The summed E-state index contributed by atoms with van der Waals surface area (Å²) in [6.07, 6.45) is 1.50. The van der Waals surface area contributed by atoms with Crippen molar-refractivity contribution in [1.29, 1.82) is 0 Å². The number of hydrogen-bond donors (Lipinski definition) is 0. The molecule has 1 aromatic heterocycles. The first kappa shape index (κ1) is 21.7. The zero-order valence-electron chi connectivity index (χ0n) is 17.3. The van der Waals surface area contributed by atoms with E-state index in [9.17, 15) is 9.59 Å². The van der Waals surface area contributed by atoms with Crippen LogP contribution in [0.5, 0.6) is 0 Å². The lowest BCUT2D eigenvalue weighted by Crippen LogP contribution is -2.38. The fraction of sp³-hybridized carbons (Fsp3) is 0.348. The number of nitrogens with zero attached hydrogens (tertiary/aromatic N) is 4. The van der Waals surface area contributed by atoms with Crippen LogP contribution in [0.15, 0.2) is 53.3 Å². The lowest BCUT2D eigenvalue weighted by Gasteiger charge is -2.31. The van der Waals surface area contributed by atoms with E-state index in [0.717, 1.165) is 24.2 Å². The molecule has 4 rings (SSSR count). The van der Waals surface area contributed by atoms with E-state index in [-0.39, 0.29) is 17.5 Å². The first-order chi connectivity index (χ1) is 15.0. The molecule has 1 fully saturated rings. The van der Waals surface area contributed by atoms with E-state index in [4.69, 9.17) is 23.2 Å². The van der Waals surface area contributed by atoms with Gasteiger partial charge in [-0.15, -0.1) is 0 Å². The first-order valence-electron chi connectivity index (χ1n) is 10.4. The number of carbonyl (C=O) groups excluding carboxylic acids is 1. The van der Waals surface area contributed by atoms with Gasteiger partial charge in [-0.2, -0.15) is 5.10 Å². The Morgan fingerprint density at radius 2 is 1.81 bits per heavy atom. The van der Waals surface area contributed by atoms with Gasteiger partial charge >= 0.3 is 5.69 Å². The summed E-state index contributed by atoms with van der Waals surface area (Å²) in [5.41, 5.74) is 1.41. The number of rotatable bonds is 5. The van der Waals surface area contributed by atoms with Crippen molar-refractivity contribution in [3.63, 3.8) is 0 Å². The molecule has 0 atom stereocenters. The number of benzene rings is 2. The van der Waals surface area contributed by atoms with Crippen molar-refractivity contribution in [2.75, 3.05) is 13.1 Å². The van der Waals surface area contributed by atoms with Crippen LogP contribution >= 0.6 is 23.2 Å². The van der Waals surface area contributed by atoms with Crippen LogP contribution in [-0.4, -0.2) is 38.2 Å². The van der Waals surface area contributed by atoms with Gasteiger partial charge in [-0.1, -0.05) is 53.5 Å². The Morgan fingerprint density at radius 1 is 1.10 bits per heavy atom. The zero-order chi connectivity index (χ0) is 22.0. The maximum atomic E-state index is 12.9. The third kappa shape index (κ3) is 4.55. The summed E-state index contributed by atoms with van der Waals surface area (Å²) in [4.78, 5) is 27.6. The molecular weight excluding hydrogens is 435 g/mol. The topological polar surface area (TPSA) is 60.1 Å². The molecule has 2 aromatic carbocycles. The second-order valence-electron chi connectivity index (χ2n) is 7.72. The minimum Gasteiger partial charge on any atom is -0.339 e. The van der Waals surface area contributed by atoms with E-state index >= 15 is 0 Å². The molecule has 2 heterocycles. The molecule has 1 aliphatic heterocycles. The van der Waals surface area contributed by atoms with Crippen molar-refractivity contribution in [3.05, 3.63) is 86.0 Å². The van der Waals surface area contributed by atoms with Gasteiger partial charge in [-0.25, -0.2) is 9.48 Å². The van der Waals surface area contributed by atoms with E-state index in [0.29, 0.717) is 41.8 Å². The molecule has 3 aromatic rings. The van der Waals surface area contributed by atoms with Crippen LogP contribution in [0.1, 0.15) is 47.4 Å². The fourth-order valence-electron chi connectivity index (χ4n) is 4.09. The Labute approximate surface area is 191 Å². The second kappa shape index (κ2) is 9.28. The van der Waals surface area contributed by atoms with Gasteiger partial charge < -0.3 is 4.90 Å². The zero-order valence-corrected chi connectivity index (χ0v) is 18.8. The summed E-state index contributed by atoms with van der Waals surface area (Å²) >= 11 is 12.2. The molecule has 0 aliphatic carbocycles. The summed E-state index contributed by atoms with van der Waals surface area (Å²) in [6.45, 7) is 4.16. The molecule has 0 spiro atoms. The Hall–Kier alpha value is -2.57. The molecule has 0 saturated carbocycles. The van der Waals surface area contributed by atoms with Crippen LogP contribution < -0.4 is 5.69 Å². The fourth-order valence-corrected chi connectivity index (χ4v) is 4.58. The van der Waals surface area contributed by atoms with Gasteiger partial charge in [-0.3, -0.25) is 9.36 Å². The van der Waals surface area contributed by atoms with Gasteiger partial charge in [0.2, 0.25) is 0 Å². The van der Waals surface area contributed by atoms with Crippen molar-refractivity contribution in [1.82, 2.24) is 19.2 Å². The Kier molecular flexibility index (Phi) is 6.49. The monoisotopic (exact) mass is 458 g/mol. The van der Waals surface area contributed by atoms with Gasteiger partial charge in [0.25, 0.3) is 5.91 Å². The largest absolute Gasteiger partial charge is 0.346 e. The number of amides is 1. The molecule has 31 heavy (non-hydrogen) atoms. The Bertz CT molecular complexity index is 1130. The minimum atomic E-state index is -0.0948. The van der Waals surface area contributed by atoms with Gasteiger partial charge in [-0.05, 0) is 43.5 Å². The average molecular weight is 459 g/mol. The predicted octanol–water partition coefficient (Wildman–Crippen LogP) is 4.44. The molecule has 162 valence electrons. The molecule has 1 amide bonds. The molecule has 0 bridgehead atoms. The standard InChI is InChI=1S/C23H24Cl2N4O2/c1-2-28-21(26-29(23(28)31)15-16-6-4-3-5-7-16)17-10-12-27(13-11-17)22(30)19-9-8-18(24)14-20(19)25/h3-9,14,17H,2,10-13,15H2,1H3. The van der Waals surface area contributed by atoms with Crippen molar-refractivity contribution in [2.24, 2.45) is 0 Å². The molecular formula is C23H24Cl2N4O2. The molecule has 6 nitrogen and oxygen atoms in total. The van der Waals surface area contributed by atoms with Crippen molar-refractivity contribution < 1.29 is 4.79 Å².